The first-order valence-electron chi connectivity index (χ1n) is 5.62. The predicted molar refractivity (Wildman–Crippen MR) is 70.8 cm³/mol. The van der Waals surface area contributed by atoms with Crippen LogP contribution < -0.4 is 11.5 Å². The van der Waals surface area contributed by atoms with Crippen LogP contribution in [0.25, 0.3) is 0 Å². The first kappa shape index (κ1) is 22.6. The largest absolute Gasteiger partial charge is 0.761 e. The van der Waals surface area contributed by atoms with Crippen molar-refractivity contribution in [2.45, 2.75) is 51.7 Å². The molecule has 8 N–H and O–H groups in total. The molecule has 0 spiro atoms. The Bertz CT molecular complexity index is 181. The van der Waals surface area contributed by atoms with Crippen LogP contribution in [0.3, 0.4) is 0 Å². The molecule has 0 bridgehead atoms. The molecule has 0 rings (SSSR count). The molecule has 0 atom stereocenters. The summed E-state index contributed by atoms with van der Waals surface area (Å²) in [6.07, 6.45) is 1.35. The van der Waals surface area contributed by atoms with Crippen molar-refractivity contribution in [3.8, 4) is 0 Å². The van der Waals surface area contributed by atoms with Gasteiger partial charge in [-0.3, -0.25) is 4.46 Å². The lowest BCUT2D eigenvalue weighted by atomic mass is 10.1. The third kappa shape index (κ3) is 58.1. The smallest absolute Gasteiger partial charge is 0.511 e. The lowest BCUT2D eigenvalue weighted by molar-refractivity contribution is 0.0731. The van der Waals surface area contributed by atoms with Gasteiger partial charge < -0.3 is 31.3 Å². The Balaban J connectivity index is -0.000000196. The number of hydrogen-bond donors (Lipinski definition) is 6. The molecule has 7 nitrogen and oxygen atoms in total. The molecule has 0 fully saturated rings. The maximum Gasteiger partial charge on any atom is 0.761 e. The summed E-state index contributed by atoms with van der Waals surface area (Å²) < 4.78 is 8.74. The average molecular weight is 284 g/mol. The van der Waals surface area contributed by atoms with E-state index in [9.17, 15) is 0 Å². The molecule has 0 saturated heterocycles. The SMILES string of the molecule is CC(C)(O)CCN.CC(C)(O)CCN.O=[Si](O)O. The highest BCUT2D eigenvalue weighted by molar-refractivity contribution is 6.22. The molecule has 0 aromatic carbocycles. The van der Waals surface area contributed by atoms with Gasteiger partial charge in [0.05, 0.1) is 11.2 Å². The van der Waals surface area contributed by atoms with E-state index in [2.05, 4.69) is 0 Å². The standard InChI is InChI=1S/2C5H13NO.H2O3Si/c2*1-5(2,7)3-4-6;1-4(2)3/h2*7H,3-4,6H2,1-2H3;1-2H. The molecule has 0 aromatic heterocycles. The van der Waals surface area contributed by atoms with E-state index < -0.39 is 20.4 Å². The highest BCUT2D eigenvalue weighted by Crippen LogP contribution is 2.03. The Kier molecular flexibility index (Phi) is 14.5. The summed E-state index contributed by atoms with van der Waals surface area (Å²) >= 11 is 0. The molecule has 0 heterocycles. The molecule has 0 unspecified atom stereocenters. The highest BCUT2D eigenvalue weighted by Gasteiger charge is 2.09. The molecule has 0 aromatic rings. The van der Waals surface area contributed by atoms with Crippen LogP contribution in [-0.2, 0) is 4.46 Å². The molecule has 18 heavy (non-hydrogen) atoms. The van der Waals surface area contributed by atoms with Crippen LogP contribution in [0.1, 0.15) is 40.5 Å². The third-order valence-corrected chi connectivity index (χ3v) is 1.51. The zero-order valence-electron chi connectivity index (χ0n) is 11.7. The van der Waals surface area contributed by atoms with E-state index in [4.69, 9.17) is 35.7 Å². The molecule has 0 aliphatic heterocycles. The first-order chi connectivity index (χ1) is 7.85. The van der Waals surface area contributed by atoms with Crippen LogP contribution in [-0.4, -0.2) is 53.3 Å². The maximum absolute atomic E-state index is 8.94. The van der Waals surface area contributed by atoms with Crippen LogP contribution in [0, 0.1) is 0 Å². The van der Waals surface area contributed by atoms with Crippen molar-refractivity contribution in [3.05, 3.63) is 0 Å². The number of nitrogens with two attached hydrogens (primary N) is 2. The van der Waals surface area contributed by atoms with Crippen LogP contribution in [0.4, 0.5) is 0 Å². The van der Waals surface area contributed by atoms with Crippen molar-refractivity contribution in [1.82, 2.24) is 0 Å². The van der Waals surface area contributed by atoms with Gasteiger partial charge in [0.25, 0.3) is 0 Å². The van der Waals surface area contributed by atoms with Gasteiger partial charge in [0.2, 0.25) is 0 Å². The maximum atomic E-state index is 8.94. The Morgan fingerprint density at radius 3 is 1.06 bits per heavy atom. The minimum Gasteiger partial charge on any atom is -0.511 e. The monoisotopic (exact) mass is 284 g/mol. The van der Waals surface area contributed by atoms with Crippen LogP contribution >= 0.6 is 0 Å². The fourth-order valence-electron chi connectivity index (χ4n) is 0.706. The second-order valence-electron chi connectivity index (χ2n) is 4.98. The molecule has 112 valence electrons. The minimum absolute atomic E-state index is 0.559. The third-order valence-electron chi connectivity index (χ3n) is 1.51. The number of rotatable bonds is 4. The minimum atomic E-state index is -3.13. The van der Waals surface area contributed by atoms with Gasteiger partial charge in [-0.2, -0.15) is 0 Å². The van der Waals surface area contributed by atoms with Gasteiger partial charge in [0.15, 0.2) is 0 Å². The van der Waals surface area contributed by atoms with Gasteiger partial charge in [-0.1, -0.05) is 0 Å². The second kappa shape index (κ2) is 11.5. The summed E-state index contributed by atoms with van der Waals surface area (Å²) in [6, 6.07) is 0. The van der Waals surface area contributed by atoms with Crippen LogP contribution in [0.5, 0.6) is 0 Å². The van der Waals surface area contributed by atoms with E-state index in [-0.39, 0.29) is 0 Å². The molecule has 0 amide bonds. The second-order valence-corrected chi connectivity index (χ2v) is 5.55. The fraction of sp³-hybridized carbons (Fsp3) is 1.00. The van der Waals surface area contributed by atoms with Crippen LogP contribution in [0.15, 0.2) is 0 Å². The van der Waals surface area contributed by atoms with Gasteiger partial charge in [0, 0.05) is 0 Å². The van der Waals surface area contributed by atoms with E-state index in [1.165, 1.54) is 0 Å². The topological polar surface area (TPSA) is 150 Å². The molecule has 8 heteroatoms. The van der Waals surface area contributed by atoms with Crippen molar-refractivity contribution in [2.75, 3.05) is 13.1 Å². The normalized spacial score (nSPS) is 10.7. The van der Waals surface area contributed by atoms with Gasteiger partial charge in [0.1, 0.15) is 0 Å². The van der Waals surface area contributed by atoms with E-state index in [1.54, 1.807) is 27.7 Å². The van der Waals surface area contributed by atoms with E-state index >= 15 is 0 Å². The van der Waals surface area contributed by atoms with E-state index in [1.807, 2.05) is 0 Å². The van der Waals surface area contributed by atoms with Crippen LogP contribution in [0.2, 0.25) is 0 Å². The highest BCUT2D eigenvalue weighted by atomic mass is 28.3. The molecule has 0 aliphatic rings. The summed E-state index contributed by atoms with van der Waals surface area (Å²) in [7, 11) is -3.13. The van der Waals surface area contributed by atoms with E-state index in [0.717, 1.165) is 0 Å². The molecular formula is C10H28N2O5Si. The molecule has 0 aliphatic carbocycles. The lowest BCUT2D eigenvalue weighted by Crippen LogP contribution is -2.22. The average Bonchev–Trinajstić information content (AvgIpc) is 1.97. The lowest BCUT2D eigenvalue weighted by Gasteiger charge is -2.14. The van der Waals surface area contributed by atoms with Crippen molar-refractivity contribution in [2.24, 2.45) is 11.5 Å². The summed E-state index contributed by atoms with van der Waals surface area (Å²) in [5.41, 5.74) is 9.16. The van der Waals surface area contributed by atoms with Gasteiger partial charge in [-0.05, 0) is 53.6 Å². The van der Waals surface area contributed by atoms with Crippen molar-refractivity contribution < 1.29 is 24.3 Å². The molecule has 0 saturated carbocycles. The van der Waals surface area contributed by atoms with Gasteiger partial charge >= 0.3 is 9.17 Å². The quantitative estimate of drug-likeness (QED) is 0.347. The summed E-state index contributed by atoms with van der Waals surface area (Å²) in [5, 5.41) is 17.9. The van der Waals surface area contributed by atoms with Crippen molar-refractivity contribution in [1.29, 1.82) is 0 Å². The molecule has 0 radical (unpaired) electrons. The zero-order valence-corrected chi connectivity index (χ0v) is 12.7. The summed E-state index contributed by atoms with van der Waals surface area (Å²) in [4.78, 5) is 14.3. The first-order valence-corrected chi connectivity index (χ1v) is 6.92. The number of hydrogen-bond acceptors (Lipinski definition) is 5. The predicted octanol–water partition coefficient (Wildman–Crippen LogP) is -1.40. The van der Waals surface area contributed by atoms with Crippen molar-refractivity contribution in [3.63, 3.8) is 0 Å². The Labute approximate surface area is 110 Å². The van der Waals surface area contributed by atoms with Gasteiger partial charge in [-0.25, -0.2) is 0 Å². The molecular weight excluding hydrogens is 256 g/mol. The Morgan fingerprint density at radius 1 is 0.889 bits per heavy atom. The summed E-state index contributed by atoms with van der Waals surface area (Å²) in [6.45, 7) is 8.12. The van der Waals surface area contributed by atoms with E-state index in [0.29, 0.717) is 25.9 Å². The summed E-state index contributed by atoms with van der Waals surface area (Å²) in [5.74, 6) is 0. The van der Waals surface area contributed by atoms with Crippen molar-refractivity contribution >= 4 is 9.17 Å². The zero-order chi connectivity index (χ0) is 15.4. The van der Waals surface area contributed by atoms with Gasteiger partial charge in [-0.15, -0.1) is 0 Å². The number of aliphatic hydroxyl groups is 2. The Morgan fingerprint density at radius 2 is 1.06 bits per heavy atom. The Hall–Kier alpha value is -0.543. The fourth-order valence-corrected chi connectivity index (χ4v) is 0.706.